The van der Waals surface area contributed by atoms with Crippen molar-refractivity contribution >= 4 is 35.8 Å². The second-order valence-electron chi connectivity index (χ2n) is 12.3. The number of halogens is 2. The van der Waals surface area contributed by atoms with Gasteiger partial charge in [0.15, 0.2) is 8.32 Å². The molecule has 0 aliphatic carbocycles. The van der Waals surface area contributed by atoms with E-state index in [-0.39, 0.29) is 39.5 Å². The van der Waals surface area contributed by atoms with E-state index in [0.717, 1.165) is 10.5 Å². The summed E-state index contributed by atoms with van der Waals surface area (Å²) in [6, 6.07) is 1.50. The first-order valence-corrected chi connectivity index (χ1v) is 17.1. The summed E-state index contributed by atoms with van der Waals surface area (Å²) in [6.45, 7) is 14.5. The largest absolute Gasteiger partial charge is 0.444 e. The van der Waals surface area contributed by atoms with Crippen molar-refractivity contribution in [3.05, 3.63) is 29.8 Å². The van der Waals surface area contributed by atoms with Gasteiger partial charge in [-0.15, -0.1) is 0 Å². The van der Waals surface area contributed by atoms with Crippen molar-refractivity contribution in [3.8, 4) is 0 Å². The molecule has 0 fully saturated rings. The van der Waals surface area contributed by atoms with E-state index in [2.05, 4.69) is 49.3 Å². The maximum Gasteiger partial charge on any atom is 0.412 e. The molecule has 0 aromatic carbocycles. The number of ether oxygens (including phenoxy) is 1. The highest BCUT2D eigenvalue weighted by Crippen LogP contribution is 2.39. The van der Waals surface area contributed by atoms with Crippen molar-refractivity contribution < 1.29 is 31.2 Å². The number of carbonyl (C=O) groups is 1. The van der Waals surface area contributed by atoms with Crippen molar-refractivity contribution in [2.75, 3.05) is 22.8 Å². The van der Waals surface area contributed by atoms with E-state index < -0.39 is 36.6 Å². The minimum Gasteiger partial charge on any atom is -0.444 e. The Hall–Kier alpha value is -2.58. The highest BCUT2D eigenvalue weighted by molar-refractivity contribution is 7.92. The molecule has 1 aliphatic heterocycles. The summed E-state index contributed by atoms with van der Waals surface area (Å²) >= 11 is 0. The molecule has 0 radical (unpaired) electrons. The van der Waals surface area contributed by atoms with Crippen LogP contribution in [0.3, 0.4) is 0 Å². The van der Waals surface area contributed by atoms with Crippen molar-refractivity contribution in [2.24, 2.45) is 5.92 Å². The zero-order valence-corrected chi connectivity index (χ0v) is 25.8. The fraction of sp³-hybridized carbons (Fsp3) is 0.640. The topological polar surface area (TPSA) is 116 Å². The van der Waals surface area contributed by atoms with E-state index in [0.29, 0.717) is 23.4 Å². The Bertz CT molecular complexity index is 1320. The number of aromatic nitrogens is 3. The van der Waals surface area contributed by atoms with Gasteiger partial charge in [-0.3, -0.25) is 14.6 Å². The number of pyridine rings is 1. The molecule has 1 aliphatic rings. The molecule has 1 atom stereocenters. The Labute approximate surface area is 230 Å². The van der Waals surface area contributed by atoms with Crippen molar-refractivity contribution in [1.29, 1.82) is 0 Å². The van der Waals surface area contributed by atoms with Gasteiger partial charge in [0.05, 0.1) is 35.2 Å². The van der Waals surface area contributed by atoms with E-state index in [1.54, 1.807) is 20.8 Å². The standard InChI is InChI=1S/C25H39F2N5O5SSi/c1-16-21(14-31(30-16)22(26)27)38(34,35)32-13-17(15-36-39(8,9)25(5,6)7)10-19-20(32)11-18(12-28-19)29-23(33)37-24(2,3)4/h11-12,14,17,22H,10,13,15H2,1-9H3,(H,29,33)/t17-/m1/s1. The molecule has 39 heavy (non-hydrogen) atoms. The van der Waals surface area contributed by atoms with Crippen LogP contribution in [-0.4, -0.2) is 56.3 Å². The van der Waals surface area contributed by atoms with Crippen LogP contribution in [0.4, 0.5) is 25.0 Å². The molecule has 3 heterocycles. The molecule has 218 valence electrons. The van der Waals surface area contributed by atoms with E-state index in [9.17, 15) is 22.0 Å². The van der Waals surface area contributed by atoms with Crippen LogP contribution in [0.1, 0.15) is 59.5 Å². The zero-order chi connectivity index (χ0) is 29.6. The molecule has 10 nitrogen and oxygen atoms in total. The lowest BCUT2D eigenvalue weighted by Crippen LogP contribution is -2.46. The van der Waals surface area contributed by atoms with E-state index in [1.165, 1.54) is 19.2 Å². The molecular weight excluding hydrogens is 548 g/mol. The van der Waals surface area contributed by atoms with Gasteiger partial charge in [0.2, 0.25) is 0 Å². The molecule has 1 amide bonds. The van der Waals surface area contributed by atoms with Gasteiger partial charge in [-0.2, -0.15) is 13.9 Å². The second kappa shape index (κ2) is 10.8. The maximum absolute atomic E-state index is 13.9. The van der Waals surface area contributed by atoms with E-state index >= 15 is 0 Å². The van der Waals surface area contributed by atoms with Crippen LogP contribution in [0.5, 0.6) is 0 Å². The minimum absolute atomic E-state index is 0.0349. The summed E-state index contributed by atoms with van der Waals surface area (Å²) in [4.78, 5) is 16.5. The molecule has 0 spiro atoms. The van der Waals surface area contributed by atoms with Crippen molar-refractivity contribution in [1.82, 2.24) is 14.8 Å². The van der Waals surface area contributed by atoms with Crippen LogP contribution in [0.25, 0.3) is 0 Å². The number of nitrogens with one attached hydrogen (secondary N) is 1. The molecule has 3 rings (SSSR count). The smallest absolute Gasteiger partial charge is 0.412 e. The summed E-state index contributed by atoms with van der Waals surface area (Å²) in [5.41, 5.74) is 0.186. The van der Waals surface area contributed by atoms with Crippen LogP contribution >= 0.6 is 0 Å². The van der Waals surface area contributed by atoms with Crippen LogP contribution in [0, 0.1) is 12.8 Å². The van der Waals surface area contributed by atoms with Gasteiger partial charge in [0, 0.05) is 19.1 Å². The zero-order valence-electron chi connectivity index (χ0n) is 24.0. The predicted molar refractivity (Wildman–Crippen MR) is 147 cm³/mol. The summed E-state index contributed by atoms with van der Waals surface area (Å²) < 4.78 is 67.6. The monoisotopic (exact) mass is 587 g/mol. The number of nitrogens with zero attached hydrogens (tertiary/aromatic N) is 4. The van der Waals surface area contributed by atoms with Gasteiger partial charge in [0.1, 0.15) is 10.5 Å². The second-order valence-corrected chi connectivity index (χ2v) is 19.0. The Balaban J connectivity index is 2.01. The molecule has 2 aromatic rings. The Morgan fingerprint density at radius 3 is 2.41 bits per heavy atom. The van der Waals surface area contributed by atoms with Crippen molar-refractivity contribution in [2.45, 2.75) is 90.1 Å². The SMILES string of the molecule is Cc1nn(C(F)F)cc1S(=O)(=O)N1C[C@H](CO[Si](C)(C)C(C)(C)C)Cc2ncc(NC(=O)OC(C)(C)C)cc21. The van der Waals surface area contributed by atoms with Gasteiger partial charge in [-0.25, -0.2) is 17.9 Å². The molecule has 0 unspecified atom stereocenters. The number of anilines is 2. The summed E-state index contributed by atoms with van der Waals surface area (Å²) in [6.07, 6.45) is 1.99. The highest BCUT2D eigenvalue weighted by Gasteiger charge is 2.40. The first-order chi connectivity index (χ1) is 17.7. The van der Waals surface area contributed by atoms with Gasteiger partial charge < -0.3 is 9.16 Å². The van der Waals surface area contributed by atoms with E-state index in [4.69, 9.17) is 9.16 Å². The van der Waals surface area contributed by atoms with Crippen LogP contribution in [0.2, 0.25) is 18.1 Å². The Morgan fingerprint density at radius 1 is 1.23 bits per heavy atom. The van der Waals surface area contributed by atoms with Crippen LogP contribution < -0.4 is 9.62 Å². The Kier molecular flexibility index (Phi) is 8.55. The molecular formula is C25H39F2N5O5SSi. The summed E-state index contributed by atoms with van der Waals surface area (Å²) in [5, 5.41) is 6.23. The van der Waals surface area contributed by atoms with Gasteiger partial charge >= 0.3 is 12.6 Å². The third-order valence-electron chi connectivity index (χ3n) is 6.89. The predicted octanol–water partition coefficient (Wildman–Crippen LogP) is 5.72. The number of hydrogen-bond acceptors (Lipinski definition) is 7. The summed E-state index contributed by atoms with van der Waals surface area (Å²) in [7, 11) is -6.44. The quantitative estimate of drug-likeness (QED) is 0.412. The number of sulfonamides is 1. The lowest BCUT2D eigenvalue weighted by atomic mass is 9.98. The number of aryl methyl sites for hydroxylation is 1. The normalized spacial score (nSPS) is 16.8. The average molecular weight is 588 g/mol. The van der Waals surface area contributed by atoms with Crippen molar-refractivity contribution in [3.63, 3.8) is 0 Å². The molecule has 0 bridgehead atoms. The molecule has 2 aromatic heterocycles. The minimum atomic E-state index is -4.32. The number of fused-ring (bicyclic) bond motifs is 1. The first-order valence-electron chi connectivity index (χ1n) is 12.7. The number of carbonyl (C=O) groups excluding carboxylic acids is 1. The molecule has 0 saturated heterocycles. The number of rotatable bonds is 7. The Morgan fingerprint density at radius 2 is 1.87 bits per heavy atom. The fourth-order valence-electron chi connectivity index (χ4n) is 3.83. The summed E-state index contributed by atoms with van der Waals surface area (Å²) in [5.74, 6) is -0.232. The van der Waals surface area contributed by atoms with Crippen LogP contribution in [-0.2, 0) is 25.6 Å². The van der Waals surface area contributed by atoms with Gasteiger partial charge in [-0.1, -0.05) is 20.8 Å². The molecule has 1 N–H and O–H groups in total. The van der Waals surface area contributed by atoms with E-state index in [1.807, 2.05) is 0 Å². The third-order valence-corrected chi connectivity index (χ3v) is 13.3. The third kappa shape index (κ3) is 7.14. The fourth-order valence-corrected chi connectivity index (χ4v) is 6.64. The van der Waals surface area contributed by atoms with Crippen LogP contribution in [0.15, 0.2) is 23.4 Å². The lowest BCUT2D eigenvalue weighted by Gasteiger charge is -2.39. The lowest BCUT2D eigenvalue weighted by molar-refractivity contribution is 0.0560. The first kappa shape index (κ1) is 31.0. The molecule has 0 saturated carbocycles. The molecule has 14 heteroatoms. The maximum atomic E-state index is 13.9. The number of hydrogen-bond donors (Lipinski definition) is 1. The number of alkyl halides is 2. The average Bonchev–Trinajstić information content (AvgIpc) is 3.18. The van der Waals surface area contributed by atoms with Gasteiger partial charge in [0.25, 0.3) is 10.0 Å². The highest BCUT2D eigenvalue weighted by atomic mass is 32.2. The number of amides is 1. The van der Waals surface area contributed by atoms with Gasteiger partial charge in [-0.05, 0) is 58.3 Å².